The van der Waals surface area contributed by atoms with Crippen molar-refractivity contribution >= 4 is 55.5 Å². The highest BCUT2D eigenvalue weighted by molar-refractivity contribution is 14.1. The van der Waals surface area contributed by atoms with Gasteiger partial charge in [0.05, 0.1) is 3.79 Å². The van der Waals surface area contributed by atoms with E-state index in [1.54, 1.807) is 11.3 Å². The van der Waals surface area contributed by atoms with Crippen LogP contribution in [0.2, 0.25) is 0 Å². The summed E-state index contributed by atoms with van der Waals surface area (Å²) in [5.41, 5.74) is 2.50. The van der Waals surface area contributed by atoms with E-state index in [4.69, 9.17) is 0 Å². The Balaban J connectivity index is 2.02. The minimum atomic E-state index is 0.884. The van der Waals surface area contributed by atoms with Gasteiger partial charge in [-0.05, 0) is 75.3 Å². The molecule has 0 amide bonds. The first kappa shape index (κ1) is 12.4. The van der Waals surface area contributed by atoms with Crippen molar-refractivity contribution in [1.29, 1.82) is 0 Å². The highest BCUT2D eigenvalue weighted by Crippen LogP contribution is 2.23. The Morgan fingerprint density at radius 1 is 1.31 bits per heavy atom. The molecule has 0 aliphatic rings. The zero-order valence-corrected chi connectivity index (χ0v) is 13.3. The molecule has 0 saturated heterocycles. The van der Waals surface area contributed by atoms with Crippen LogP contribution < -0.4 is 5.32 Å². The molecular formula is C12H11BrINS. The van der Waals surface area contributed by atoms with Crippen molar-refractivity contribution in [2.75, 3.05) is 5.32 Å². The fourth-order valence-electron chi connectivity index (χ4n) is 1.34. The van der Waals surface area contributed by atoms with Crippen molar-refractivity contribution in [3.8, 4) is 0 Å². The number of hydrogen-bond acceptors (Lipinski definition) is 2. The summed E-state index contributed by atoms with van der Waals surface area (Å²) in [5.74, 6) is 0. The molecule has 1 aromatic heterocycles. The summed E-state index contributed by atoms with van der Waals surface area (Å²) in [4.78, 5) is 1.34. The number of halogens is 2. The van der Waals surface area contributed by atoms with Crippen molar-refractivity contribution in [2.45, 2.75) is 13.5 Å². The molecule has 2 aromatic rings. The Labute approximate surface area is 122 Å². The molecule has 84 valence electrons. The van der Waals surface area contributed by atoms with Crippen LogP contribution in [0.5, 0.6) is 0 Å². The fraction of sp³-hybridized carbons (Fsp3) is 0.167. The largest absolute Gasteiger partial charge is 0.380 e. The molecule has 0 radical (unpaired) electrons. The first-order valence-electron chi connectivity index (χ1n) is 4.89. The molecule has 1 heterocycles. The molecule has 2 rings (SSSR count). The van der Waals surface area contributed by atoms with Gasteiger partial charge in [-0.3, -0.25) is 0 Å². The molecule has 0 saturated carbocycles. The zero-order chi connectivity index (χ0) is 11.5. The maximum absolute atomic E-state index is 3.47. The summed E-state index contributed by atoms with van der Waals surface area (Å²) in [7, 11) is 0. The molecule has 0 fully saturated rings. The third-order valence-corrected chi connectivity index (χ3v) is 5.05. The summed E-state index contributed by atoms with van der Waals surface area (Å²) in [6, 6.07) is 10.7. The van der Waals surface area contributed by atoms with E-state index in [1.807, 2.05) is 0 Å². The third-order valence-electron chi connectivity index (χ3n) is 2.27. The Bertz CT molecular complexity index is 496. The quantitative estimate of drug-likeness (QED) is 0.703. The van der Waals surface area contributed by atoms with Crippen LogP contribution in [0, 0.1) is 10.5 Å². The van der Waals surface area contributed by atoms with Crippen molar-refractivity contribution in [3.63, 3.8) is 0 Å². The molecular weight excluding hydrogens is 397 g/mol. The SMILES string of the molecule is Cc1ccc(NCc2ccc(Br)s2)cc1I. The lowest BCUT2D eigenvalue weighted by molar-refractivity contribution is 1.19. The smallest absolute Gasteiger partial charge is 0.0702 e. The Kier molecular flexibility index (Phi) is 4.27. The number of anilines is 1. The van der Waals surface area contributed by atoms with Gasteiger partial charge in [-0.2, -0.15) is 0 Å². The average Bonchev–Trinajstić information content (AvgIpc) is 2.66. The fourth-order valence-corrected chi connectivity index (χ4v) is 3.28. The van der Waals surface area contributed by atoms with E-state index >= 15 is 0 Å². The Morgan fingerprint density at radius 3 is 2.75 bits per heavy atom. The molecule has 1 nitrogen and oxygen atoms in total. The lowest BCUT2D eigenvalue weighted by atomic mass is 10.2. The summed E-state index contributed by atoms with van der Waals surface area (Å²) < 4.78 is 2.48. The maximum Gasteiger partial charge on any atom is 0.0702 e. The second-order valence-corrected chi connectivity index (χ2v) is 7.23. The van der Waals surface area contributed by atoms with E-state index in [0.717, 1.165) is 6.54 Å². The highest BCUT2D eigenvalue weighted by Gasteiger charge is 1.99. The maximum atomic E-state index is 3.47. The van der Waals surface area contributed by atoms with E-state index in [2.05, 4.69) is 81.1 Å². The van der Waals surface area contributed by atoms with Gasteiger partial charge in [0.1, 0.15) is 0 Å². The van der Waals surface area contributed by atoms with Gasteiger partial charge in [0, 0.05) is 20.7 Å². The van der Waals surface area contributed by atoms with E-state index in [0.29, 0.717) is 0 Å². The van der Waals surface area contributed by atoms with Crippen LogP contribution in [0.25, 0.3) is 0 Å². The molecule has 0 atom stereocenters. The van der Waals surface area contributed by atoms with Gasteiger partial charge in [-0.25, -0.2) is 0 Å². The van der Waals surface area contributed by atoms with E-state index in [9.17, 15) is 0 Å². The molecule has 0 spiro atoms. The molecule has 4 heteroatoms. The van der Waals surface area contributed by atoms with Gasteiger partial charge >= 0.3 is 0 Å². The monoisotopic (exact) mass is 407 g/mol. The van der Waals surface area contributed by atoms with Gasteiger partial charge in [-0.1, -0.05) is 6.07 Å². The molecule has 0 aliphatic carbocycles. The topological polar surface area (TPSA) is 12.0 Å². The number of benzene rings is 1. The van der Waals surface area contributed by atoms with Gasteiger partial charge in [0.15, 0.2) is 0 Å². The zero-order valence-electron chi connectivity index (χ0n) is 8.76. The highest BCUT2D eigenvalue weighted by atomic mass is 127. The van der Waals surface area contributed by atoms with Crippen molar-refractivity contribution in [1.82, 2.24) is 0 Å². The first-order valence-corrected chi connectivity index (χ1v) is 7.58. The number of nitrogens with one attached hydrogen (secondary N) is 1. The number of thiophene rings is 1. The molecule has 1 aromatic carbocycles. The van der Waals surface area contributed by atoms with Crippen LogP contribution in [0.1, 0.15) is 10.4 Å². The summed E-state index contributed by atoms with van der Waals surface area (Å²) in [6.45, 7) is 3.01. The first-order chi connectivity index (χ1) is 7.65. The standard InChI is InChI=1S/C12H11BrINS/c1-8-2-3-9(6-11(8)14)15-7-10-4-5-12(13)16-10/h2-6,15H,7H2,1H3. The van der Waals surface area contributed by atoms with Crippen LogP contribution in [-0.2, 0) is 6.54 Å². The predicted molar refractivity (Wildman–Crippen MR) is 83.2 cm³/mol. The van der Waals surface area contributed by atoms with Gasteiger partial charge in [0.25, 0.3) is 0 Å². The predicted octanol–water partition coefficient (Wildman–Crippen LogP) is 5.04. The average molecular weight is 408 g/mol. The van der Waals surface area contributed by atoms with Gasteiger partial charge in [-0.15, -0.1) is 11.3 Å². The minimum Gasteiger partial charge on any atom is -0.380 e. The van der Waals surface area contributed by atoms with Crippen molar-refractivity contribution in [3.05, 3.63) is 48.1 Å². The van der Waals surface area contributed by atoms with Crippen molar-refractivity contribution < 1.29 is 0 Å². The van der Waals surface area contributed by atoms with E-state index in [1.165, 1.54) is 23.5 Å². The summed E-state index contributed by atoms with van der Waals surface area (Å²) >= 11 is 7.60. The van der Waals surface area contributed by atoms with Crippen LogP contribution in [0.4, 0.5) is 5.69 Å². The lowest BCUT2D eigenvalue weighted by Gasteiger charge is -2.06. The lowest BCUT2D eigenvalue weighted by Crippen LogP contribution is -1.97. The van der Waals surface area contributed by atoms with E-state index < -0.39 is 0 Å². The second-order valence-electron chi connectivity index (χ2n) is 3.52. The van der Waals surface area contributed by atoms with Gasteiger partial charge < -0.3 is 5.32 Å². The molecule has 16 heavy (non-hydrogen) atoms. The third kappa shape index (κ3) is 3.21. The molecule has 1 N–H and O–H groups in total. The normalized spacial score (nSPS) is 10.4. The molecule has 0 bridgehead atoms. The minimum absolute atomic E-state index is 0.884. The Morgan fingerprint density at radius 2 is 2.12 bits per heavy atom. The van der Waals surface area contributed by atoms with Crippen molar-refractivity contribution in [2.24, 2.45) is 0 Å². The van der Waals surface area contributed by atoms with E-state index in [-0.39, 0.29) is 0 Å². The van der Waals surface area contributed by atoms with Crippen LogP contribution in [0.3, 0.4) is 0 Å². The second kappa shape index (κ2) is 5.51. The number of hydrogen-bond donors (Lipinski definition) is 1. The summed E-state index contributed by atoms with van der Waals surface area (Å²) in [5, 5.41) is 3.43. The van der Waals surface area contributed by atoms with Crippen LogP contribution >= 0.6 is 49.9 Å². The number of aryl methyl sites for hydroxylation is 1. The molecule has 0 aliphatic heterocycles. The van der Waals surface area contributed by atoms with Gasteiger partial charge in [0.2, 0.25) is 0 Å². The number of rotatable bonds is 3. The Hall–Kier alpha value is -0.0700. The van der Waals surface area contributed by atoms with Crippen LogP contribution in [-0.4, -0.2) is 0 Å². The molecule has 0 unspecified atom stereocenters. The summed E-state index contributed by atoms with van der Waals surface area (Å²) in [6.07, 6.45) is 0. The van der Waals surface area contributed by atoms with Crippen LogP contribution in [0.15, 0.2) is 34.1 Å².